The van der Waals surface area contributed by atoms with E-state index in [1.807, 2.05) is 68.5 Å². The van der Waals surface area contributed by atoms with Gasteiger partial charge >= 0.3 is 0 Å². The Bertz CT molecular complexity index is 1050. The molecule has 5 heteroatoms. The Hall–Kier alpha value is -3.08. The summed E-state index contributed by atoms with van der Waals surface area (Å²) in [6.45, 7) is 8.94. The largest absolute Gasteiger partial charge is 0.384 e. The molecule has 0 saturated heterocycles. The van der Waals surface area contributed by atoms with Gasteiger partial charge in [0.25, 0.3) is 0 Å². The Morgan fingerprint density at radius 1 is 1.13 bits per heavy atom. The molecule has 0 aliphatic carbocycles. The average Bonchev–Trinajstić information content (AvgIpc) is 3.18. The number of anilines is 1. The fourth-order valence-corrected chi connectivity index (χ4v) is 3.40. The Morgan fingerprint density at radius 3 is 2.58 bits per heavy atom. The highest BCUT2D eigenvalue weighted by Gasteiger charge is 2.15. The number of hydrogen-bond acceptors (Lipinski definition) is 3. The fraction of sp³-hybridized carbons (Fsp3) is 0.192. The molecule has 3 aromatic rings. The topological polar surface area (TPSA) is 53.1 Å². The molecule has 0 unspecified atom stereocenters. The monoisotopic (exact) mass is 435 g/mol. The third-order valence-corrected chi connectivity index (χ3v) is 4.76. The molecule has 2 heterocycles. The summed E-state index contributed by atoms with van der Waals surface area (Å²) >= 11 is 6.50. The molecule has 2 aromatic heterocycles. The summed E-state index contributed by atoms with van der Waals surface area (Å²) in [7, 11) is 1.67. The summed E-state index contributed by atoms with van der Waals surface area (Å²) in [6.07, 6.45) is 7.75. The Kier molecular flexibility index (Phi) is 9.82. The zero-order chi connectivity index (χ0) is 22.6. The minimum atomic E-state index is 0.498. The molecule has 0 aliphatic rings. The molecule has 2 N–H and O–H groups in total. The molecule has 0 spiro atoms. The number of allylic oxidation sites excluding steroid dienone is 4. The van der Waals surface area contributed by atoms with E-state index in [0.29, 0.717) is 24.0 Å². The maximum atomic E-state index is 6.50. The van der Waals surface area contributed by atoms with Crippen molar-refractivity contribution >= 4 is 23.0 Å². The van der Waals surface area contributed by atoms with Gasteiger partial charge in [-0.15, -0.1) is 0 Å². The van der Waals surface area contributed by atoms with Crippen LogP contribution in [0.15, 0.2) is 85.5 Å². The van der Waals surface area contributed by atoms with Crippen molar-refractivity contribution in [1.82, 2.24) is 9.55 Å². The number of pyridine rings is 1. The zero-order valence-electron chi connectivity index (χ0n) is 18.4. The summed E-state index contributed by atoms with van der Waals surface area (Å²) in [4.78, 5) is 4.47. The van der Waals surface area contributed by atoms with Crippen LogP contribution in [-0.4, -0.2) is 23.3 Å². The second-order valence-corrected chi connectivity index (χ2v) is 6.85. The molecule has 31 heavy (non-hydrogen) atoms. The van der Waals surface area contributed by atoms with Gasteiger partial charge in [0.15, 0.2) is 0 Å². The van der Waals surface area contributed by atoms with E-state index < -0.39 is 0 Å². The fourth-order valence-electron chi connectivity index (χ4n) is 3.17. The first kappa shape index (κ1) is 24.2. The normalized spacial score (nSPS) is 11.3. The van der Waals surface area contributed by atoms with Crippen molar-refractivity contribution in [1.29, 1.82) is 0 Å². The van der Waals surface area contributed by atoms with E-state index in [9.17, 15) is 0 Å². The lowest BCUT2D eigenvalue weighted by Crippen LogP contribution is -2.08. The van der Waals surface area contributed by atoms with Crippen molar-refractivity contribution in [3.05, 3.63) is 102 Å². The Labute approximate surface area is 190 Å². The van der Waals surface area contributed by atoms with Crippen molar-refractivity contribution in [2.45, 2.75) is 20.4 Å². The molecule has 1 aromatic carbocycles. The lowest BCUT2D eigenvalue weighted by atomic mass is 10.1. The Morgan fingerprint density at radius 2 is 1.90 bits per heavy atom. The van der Waals surface area contributed by atoms with Crippen molar-refractivity contribution in [2.75, 3.05) is 19.5 Å². The first-order valence-electron chi connectivity index (χ1n) is 10.3. The standard InChI is InChI=1S/C24H24ClN3O.C2H6/c1-3-8-18(9-7-16-29-2)22-14-15-23(20-11-4-5-12-21(20)25)28(22)17-19-10-6-13-24(26)27-19;1-2/h3-15H,1,16-17H2,2H3,(H2,26,27);1-2H3/b9-7-,18-8+;. The van der Waals surface area contributed by atoms with Crippen LogP contribution < -0.4 is 5.73 Å². The molecule has 4 nitrogen and oxygen atoms in total. The highest BCUT2D eigenvalue weighted by atomic mass is 35.5. The summed E-state index contributed by atoms with van der Waals surface area (Å²) < 4.78 is 7.34. The Balaban J connectivity index is 0.00000166. The van der Waals surface area contributed by atoms with Crippen molar-refractivity contribution in [3.8, 4) is 11.3 Å². The van der Waals surface area contributed by atoms with Crippen LogP contribution in [0.5, 0.6) is 0 Å². The second-order valence-electron chi connectivity index (χ2n) is 6.44. The average molecular weight is 436 g/mol. The molecular weight excluding hydrogens is 406 g/mol. The molecule has 0 atom stereocenters. The second kappa shape index (κ2) is 12.6. The number of halogens is 1. The van der Waals surface area contributed by atoms with E-state index in [1.54, 1.807) is 19.3 Å². The van der Waals surface area contributed by atoms with Gasteiger partial charge in [-0.05, 0) is 35.9 Å². The van der Waals surface area contributed by atoms with Gasteiger partial charge in [0.05, 0.1) is 24.5 Å². The van der Waals surface area contributed by atoms with Gasteiger partial charge in [-0.3, -0.25) is 0 Å². The third kappa shape index (κ3) is 6.45. The highest BCUT2D eigenvalue weighted by Crippen LogP contribution is 2.32. The first-order chi connectivity index (χ1) is 15.1. The molecular formula is C26H30ClN3O. The van der Waals surface area contributed by atoms with Gasteiger partial charge in [-0.1, -0.05) is 80.6 Å². The predicted molar refractivity (Wildman–Crippen MR) is 133 cm³/mol. The minimum Gasteiger partial charge on any atom is -0.384 e. The van der Waals surface area contributed by atoms with E-state index >= 15 is 0 Å². The van der Waals surface area contributed by atoms with Crippen LogP contribution in [0.1, 0.15) is 25.2 Å². The zero-order valence-corrected chi connectivity index (χ0v) is 19.1. The molecule has 0 saturated carbocycles. The molecule has 162 valence electrons. The number of nitrogens with two attached hydrogens (primary N) is 1. The molecule has 3 rings (SSSR count). The van der Waals surface area contributed by atoms with Crippen LogP contribution in [0.2, 0.25) is 5.02 Å². The molecule has 0 radical (unpaired) electrons. The van der Waals surface area contributed by atoms with E-state index in [4.69, 9.17) is 22.1 Å². The van der Waals surface area contributed by atoms with Gasteiger partial charge in [-0.2, -0.15) is 0 Å². The molecule has 0 amide bonds. The van der Waals surface area contributed by atoms with Crippen molar-refractivity contribution < 1.29 is 4.74 Å². The van der Waals surface area contributed by atoms with Gasteiger partial charge in [-0.25, -0.2) is 4.98 Å². The van der Waals surface area contributed by atoms with Crippen LogP contribution in [0.4, 0.5) is 5.82 Å². The number of nitrogen functional groups attached to an aromatic ring is 1. The van der Waals surface area contributed by atoms with E-state index in [2.05, 4.69) is 28.3 Å². The summed E-state index contributed by atoms with van der Waals surface area (Å²) in [5, 5.41) is 0.697. The lowest BCUT2D eigenvalue weighted by molar-refractivity contribution is 0.234. The number of hydrogen-bond donors (Lipinski definition) is 1. The van der Waals surface area contributed by atoms with Crippen LogP contribution in [0.3, 0.4) is 0 Å². The van der Waals surface area contributed by atoms with Crippen molar-refractivity contribution in [3.63, 3.8) is 0 Å². The number of aromatic nitrogens is 2. The molecule has 0 fully saturated rings. The molecule has 0 aliphatic heterocycles. The van der Waals surface area contributed by atoms with E-state index in [1.165, 1.54) is 0 Å². The number of benzene rings is 1. The quantitative estimate of drug-likeness (QED) is 0.404. The van der Waals surface area contributed by atoms with Crippen LogP contribution >= 0.6 is 11.6 Å². The minimum absolute atomic E-state index is 0.498. The maximum Gasteiger partial charge on any atom is 0.123 e. The number of rotatable bonds is 8. The van der Waals surface area contributed by atoms with Gasteiger partial charge in [0.2, 0.25) is 0 Å². The van der Waals surface area contributed by atoms with Crippen LogP contribution in [-0.2, 0) is 11.3 Å². The smallest absolute Gasteiger partial charge is 0.123 e. The van der Waals surface area contributed by atoms with Gasteiger partial charge in [0.1, 0.15) is 5.82 Å². The van der Waals surface area contributed by atoms with Crippen LogP contribution in [0, 0.1) is 0 Å². The van der Waals surface area contributed by atoms with E-state index in [-0.39, 0.29) is 0 Å². The van der Waals surface area contributed by atoms with Crippen molar-refractivity contribution in [2.24, 2.45) is 0 Å². The van der Waals surface area contributed by atoms with E-state index in [0.717, 1.165) is 28.2 Å². The van der Waals surface area contributed by atoms with Crippen LogP contribution in [0.25, 0.3) is 16.8 Å². The summed E-state index contributed by atoms with van der Waals surface area (Å²) in [6, 6.07) is 17.6. The number of methoxy groups -OCH3 is 1. The summed E-state index contributed by atoms with van der Waals surface area (Å²) in [5.41, 5.74) is 10.8. The third-order valence-electron chi connectivity index (χ3n) is 4.43. The molecule has 0 bridgehead atoms. The maximum absolute atomic E-state index is 6.50. The lowest BCUT2D eigenvalue weighted by Gasteiger charge is -2.15. The van der Waals surface area contributed by atoms with Gasteiger partial charge < -0.3 is 15.0 Å². The van der Waals surface area contributed by atoms with Gasteiger partial charge in [0, 0.05) is 23.4 Å². The summed E-state index contributed by atoms with van der Waals surface area (Å²) in [5.74, 6) is 0.498. The SMILES string of the molecule is C=C/C=C(\C=C/COC)c1ccc(-c2ccccc2Cl)n1Cc1cccc(N)n1.CC. The number of nitrogens with zero attached hydrogens (tertiary/aromatic N) is 2. The highest BCUT2D eigenvalue weighted by molar-refractivity contribution is 6.33. The number of ether oxygens (including phenoxy) is 1. The predicted octanol–water partition coefficient (Wildman–Crippen LogP) is 6.63. The first-order valence-corrected chi connectivity index (χ1v) is 10.7.